The van der Waals surface area contributed by atoms with E-state index in [0.29, 0.717) is 5.41 Å². The fourth-order valence-corrected chi connectivity index (χ4v) is 3.41. The Kier molecular flexibility index (Phi) is 5.81. The van der Waals surface area contributed by atoms with Crippen molar-refractivity contribution in [3.8, 4) is 0 Å². The van der Waals surface area contributed by atoms with E-state index in [-0.39, 0.29) is 0 Å². The number of hydrogen-bond acceptors (Lipinski definition) is 5. The highest BCUT2D eigenvalue weighted by Crippen LogP contribution is 2.32. The lowest BCUT2D eigenvalue weighted by Crippen LogP contribution is -2.25. The third kappa shape index (κ3) is 4.72. The molecule has 1 aliphatic rings. The molecule has 0 aromatic carbocycles. The zero-order valence-electron chi connectivity index (χ0n) is 12.9. The summed E-state index contributed by atoms with van der Waals surface area (Å²) in [6.45, 7) is 9.50. The third-order valence-electron chi connectivity index (χ3n) is 3.94. The molecule has 0 radical (unpaired) electrons. The maximum atomic E-state index is 5.02. The first-order valence-electron chi connectivity index (χ1n) is 7.50. The van der Waals surface area contributed by atoms with Crippen LogP contribution in [0.3, 0.4) is 0 Å². The van der Waals surface area contributed by atoms with E-state index in [1.165, 1.54) is 24.4 Å². The van der Waals surface area contributed by atoms with E-state index in [1.807, 2.05) is 0 Å². The van der Waals surface area contributed by atoms with Gasteiger partial charge in [0, 0.05) is 38.7 Å². The molecule has 1 saturated heterocycles. The lowest BCUT2D eigenvalue weighted by molar-refractivity contribution is 0.199. The van der Waals surface area contributed by atoms with Crippen LogP contribution < -0.4 is 10.2 Å². The van der Waals surface area contributed by atoms with Crippen molar-refractivity contribution in [1.29, 1.82) is 0 Å². The quantitative estimate of drug-likeness (QED) is 0.819. The molecule has 1 aliphatic heterocycles. The van der Waals surface area contributed by atoms with Crippen LogP contribution in [0, 0.1) is 5.41 Å². The Hall–Kier alpha value is -0.650. The van der Waals surface area contributed by atoms with Crippen LogP contribution >= 0.6 is 11.3 Å². The van der Waals surface area contributed by atoms with Gasteiger partial charge in [0.15, 0.2) is 5.13 Å². The first-order chi connectivity index (χ1) is 9.61. The van der Waals surface area contributed by atoms with Crippen molar-refractivity contribution in [3.63, 3.8) is 0 Å². The minimum Gasteiger partial charge on any atom is -0.383 e. The molecule has 1 aromatic heterocycles. The van der Waals surface area contributed by atoms with Crippen LogP contribution in [0.25, 0.3) is 0 Å². The van der Waals surface area contributed by atoms with E-state index < -0.39 is 0 Å². The van der Waals surface area contributed by atoms with Crippen LogP contribution in [-0.2, 0) is 11.3 Å². The van der Waals surface area contributed by atoms with Gasteiger partial charge in [0.2, 0.25) is 0 Å². The maximum absolute atomic E-state index is 5.02. The molecule has 0 spiro atoms. The van der Waals surface area contributed by atoms with Crippen molar-refractivity contribution in [3.05, 3.63) is 11.1 Å². The smallest absolute Gasteiger partial charge is 0.185 e. The predicted molar refractivity (Wildman–Crippen MR) is 85.5 cm³/mol. The van der Waals surface area contributed by atoms with Gasteiger partial charge in [-0.05, 0) is 24.7 Å². The number of ether oxygens (including phenoxy) is 1. The zero-order valence-corrected chi connectivity index (χ0v) is 13.8. The summed E-state index contributed by atoms with van der Waals surface area (Å²) >= 11 is 1.77. The highest BCUT2D eigenvalue weighted by atomic mass is 32.1. The molecule has 0 unspecified atom stereocenters. The van der Waals surface area contributed by atoms with Crippen LogP contribution in [0.15, 0.2) is 5.38 Å². The topological polar surface area (TPSA) is 37.4 Å². The molecule has 5 heteroatoms. The fraction of sp³-hybridized carbons (Fsp3) is 0.800. The minimum absolute atomic E-state index is 0.483. The first kappa shape index (κ1) is 15.7. The van der Waals surface area contributed by atoms with Gasteiger partial charge in [-0.25, -0.2) is 4.98 Å². The molecular formula is C15H27N3OS. The normalized spacial score (nSPS) is 19.1. The average Bonchev–Trinajstić information content (AvgIpc) is 2.79. The van der Waals surface area contributed by atoms with Gasteiger partial charge in [0.05, 0.1) is 12.3 Å². The summed E-state index contributed by atoms with van der Waals surface area (Å²) < 4.78 is 5.02. The lowest BCUT2D eigenvalue weighted by Gasteiger charge is -2.22. The van der Waals surface area contributed by atoms with Crippen molar-refractivity contribution >= 4 is 16.5 Å². The molecule has 1 N–H and O–H groups in total. The highest BCUT2D eigenvalue weighted by molar-refractivity contribution is 7.13. The van der Waals surface area contributed by atoms with E-state index in [2.05, 4.69) is 29.4 Å². The van der Waals surface area contributed by atoms with Crippen molar-refractivity contribution < 1.29 is 4.74 Å². The summed E-state index contributed by atoms with van der Waals surface area (Å²) in [7, 11) is 1.73. The van der Waals surface area contributed by atoms with Gasteiger partial charge >= 0.3 is 0 Å². The van der Waals surface area contributed by atoms with Gasteiger partial charge in [0.1, 0.15) is 0 Å². The third-order valence-corrected chi connectivity index (χ3v) is 4.89. The number of anilines is 1. The molecule has 2 heterocycles. The van der Waals surface area contributed by atoms with Gasteiger partial charge in [-0.2, -0.15) is 0 Å². The van der Waals surface area contributed by atoms with Gasteiger partial charge in [0.25, 0.3) is 0 Å². The summed E-state index contributed by atoms with van der Waals surface area (Å²) in [6, 6.07) is 0. The Labute approximate surface area is 126 Å². The molecule has 2 rings (SSSR count). The second kappa shape index (κ2) is 7.38. The predicted octanol–water partition coefficient (Wildman–Crippen LogP) is 2.90. The van der Waals surface area contributed by atoms with Gasteiger partial charge in [-0.15, -0.1) is 11.3 Å². The largest absolute Gasteiger partial charge is 0.383 e. The Morgan fingerprint density at radius 2 is 2.25 bits per heavy atom. The molecule has 1 fully saturated rings. The number of aromatic nitrogens is 1. The Morgan fingerprint density at radius 3 is 3.05 bits per heavy atom. The van der Waals surface area contributed by atoms with Crippen molar-refractivity contribution in [2.75, 3.05) is 38.3 Å². The molecule has 114 valence electrons. The summed E-state index contributed by atoms with van der Waals surface area (Å²) in [5, 5.41) is 6.70. The Bertz CT molecular complexity index is 406. The summed E-state index contributed by atoms with van der Waals surface area (Å²) in [4.78, 5) is 7.22. The molecule has 0 aliphatic carbocycles. The van der Waals surface area contributed by atoms with Crippen molar-refractivity contribution in [2.45, 2.75) is 39.7 Å². The van der Waals surface area contributed by atoms with Crippen LogP contribution in [0.2, 0.25) is 0 Å². The number of nitrogens with zero attached hydrogens (tertiary/aromatic N) is 2. The number of nitrogens with one attached hydrogen (secondary N) is 1. The lowest BCUT2D eigenvalue weighted by atomic mass is 9.85. The van der Waals surface area contributed by atoms with Crippen LogP contribution in [0.4, 0.5) is 5.13 Å². The van der Waals surface area contributed by atoms with E-state index in [9.17, 15) is 0 Å². The molecule has 0 amide bonds. The molecule has 20 heavy (non-hydrogen) atoms. The number of hydrogen-bond donors (Lipinski definition) is 1. The molecule has 0 atom stereocenters. The molecular weight excluding hydrogens is 270 g/mol. The second-order valence-corrected chi connectivity index (χ2v) is 7.13. The molecule has 0 saturated carbocycles. The fourth-order valence-electron chi connectivity index (χ4n) is 2.53. The summed E-state index contributed by atoms with van der Waals surface area (Å²) in [5.41, 5.74) is 1.63. The highest BCUT2D eigenvalue weighted by Gasteiger charge is 2.24. The SMILES string of the molecule is COCCNCc1csc(N2CCCC(C)(C)CC2)n1. The molecule has 0 bridgehead atoms. The Morgan fingerprint density at radius 1 is 1.40 bits per heavy atom. The van der Waals surface area contributed by atoms with E-state index in [4.69, 9.17) is 9.72 Å². The number of methoxy groups -OCH3 is 1. The summed E-state index contributed by atoms with van der Waals surface area (Å²) in [6.07, 6.45) is 3.85. The molecule has 1 aromatic rings. The minimum atomic E-state index is 0.483. The number of rotatable bonds is 6. The van der Waals surface area contributed by atoms with Crippen LogP contribution in [0.1, 0.15) is 38.8 Å². The van der Waals surface area contributed by atoms with E-state index in [1.54, 1.807) is 18.4 Å². The Balaban J connectivity index is 1.85. The van der Waals surface area contributed by atoms with Gasteiger partial charge in [-0.1, -0.05) is 13.8 Å². The second-order valence-electron chi connectivity index (χ2n) is 6.30. The van der Waals surface area contributed by atoms with Crippen LogP contribution in [0.5, 0.6) is 0 Å². The first-order valence-corrected chi connectivity index (χ1v) is 8.38. The van der Waals surface area contributed by atoms with E-state index >= 15 is 0 Å². The van der Waals surface area contributed by atoms with Crippen molar-refractivity contribution in [2.24, 2.45) is 5.41 Å². The van der Waals surface area contributed by atoms with Gasteiger partial charge < -0.3 is 15.0 Å². The number of thiazole rings is 1. The van der Waals surface area contributed by atoms with E-state index in [0.717, 1.165) is 38.5 Å². The summed E-state index contributed by atoms with van der Waals surface area (Å²) in [5.74, 6) is 0. The van der Waals surface area contributed by atoms with Crippen molar-refractivity contribution in [1.82, 2.24) is 10.3 Å². The monoisotopic (exact) mass is 297 g/mol. The zero-order chi connectivity index (χ0) is 14.4. The maximum Gasteiger partial charge on any atom is 0.185 e. The molecule has 4 nitrogen and oxygen atoms in total. The van der Waals surface area contributed by atoms with Gasteiger partial charge in [-0.3, -0.25) is 0 Å². The standard InChI is InChI=1S/C15H27N3OS/c1-15(2)5-4-8-18(9-6-15)14-17-13(12-20-14)11-16-7-10-19-3/h12,16H,4-11H2,1-3H3. The average molecular weight is 297 g/mol. The van der Waals surface area contributed by atoms with Crippen LogP contribution in [-0.4, -0.2) is 38.3 Å².